The van der Waals surface area contributed by atoms with E-state index >= 15 is 0 Å². The maximum atomic E-state index is 11.9. The topological polar surface area (TPSA) is 75.2 Å². The van der Waals surface area contributed by atoms with E-state index in [9.17, 15) is 4.79 Å². The molecule has 0 heterocycles. The van der Waals surface area contributed by atoms with Gasteiger partial charge < -0.3 is 25.0 Å². The number of carbonyl (C=O) groups excluding carboxylic acids is 1. The highest BCUT2D eigenvalue weighted by Crippen LogP contribution is 2.25. The number of methoxy groups -OCH3 is 2. The lowest BCUT2D eigenvalue weighted by molar-refractivity contribution is -0.127. The van der Waals surface area contributed by atoms with E-state index in [-0.39, 0.29) is 12.5 Å². The fraction of sp³-hybridized carbons (Fsp3) is 0.579. The Kier molecular flexibility index (Phi) is 7.56. The fourth-order valence-electron chi connectivity index (χ4n) is 2.88. The Labute approximate surface area is 155 Å². The summed E-state index contributed by atoms with van der Waals surface area (Å²) in [7, 11) is 6.75. The predicted octanol–water partition coefficient (Wildman–Crippen LogP) is 1.77. The van der Waals surface area contributed by atoms with Crippen LogP contribution in [-0.2, 0) is 11.3 Å². The molecule has 1 saturated carbocycles. The Morgan fingerprint density at radius 1 is 1.23 bits per heavy atom. The zero-order chi connectivity index (χ0) is 18.9. The van der Waals surface area contributed by atoms with E-state index in [2.05, 4.69) is 15.6 Å². The number of ether oxygens (including phenoxy) is 2. The molecule has 1 aliphatic rings. The first-order valence-electron chi connectivity index (χ1n) is 8.99. The number of nitrogens with zero attached hydrogens (tertiary/aromatic N) is 2. The third-order valence-electron chi connectivity index (χ3n) is 4.50. The summed E-state index contributed by atoms with van der Waals surface area (Å²) in [5, 5.41) is 6.58. The van der Waals surface area contributed by atoms with Gasteiger partial charge in [-0.05, 0) is 25.0 Å². The van der Waals surface area contributed by atoms with Crippen LogP contribution in [0.2, 0.25) is 0 Å². The van der Waals surface area contributed by atoms with Crippen molar-refractivity contribution in [2.45, 2.75) is 38.3 Å². The van der Waals surface area contributed by atoms with Gasteiger partial charge in [-0.1, -0.05) is 12.8 Å². The molecule has 0 bridgehead atoms. The molecular formula is C19H30N4O3. The second-order valence-electron chi connectivity index (χ2n) is 6.61. The summed E-state index contributed by atoms with van der Waals surface area (Å²) in [5.41, 5.74) is 0.958. The summed E-state index contributed by atoms with van der Waals surface area (Å²) in [5.74, 6) is 2.14. The summed E-state index contributed by atoms with van der Waals surface area (Å²) < 4.78 is 10.7. The Balaban J connectivity index is 2.08. The summed E-state index contributed by atoms with van der Waals surface area (Å²) in [4.78, 5) is 18.1. The first-order chi connectivity index (χ1) is 12.5. The molecule has 144 valence electrons. The molecule has 7 heteroatoms. The van der Waals surface area contributed by atoms with Crippen LogP contribution in [0.1, 0.15) is 31.2 Å². The number of benzene rings is 1. The van der Waals surface area contributed by atoms with Gasteiger partial charge in [0.25, 0.3) is 0 Å². The molecule has 2 rings (SSSR count). The molecule has 0 unspecified atom stereocenters. The third-order valence-corrected chi connectivity index (χ3v) is 4.50. The average molecular weight is 362 g/mol. The van der Waals surface area contributed by atoms with Crippen molar-refractivity contribution in [2.24, 2.45) is 4.99 Å². The zero-order valence-corrected chi connectivity index (χ0v) is 16.2. The molecule has 0 saturated heterocycles. The Morgan fingerprint density at radius 3 is 2.58 bits per heavy atom. The van der Waals surface area contributed by atoms with E-state index in [1.54, 1.807) is 33.2 Å². The molecular weight excluding hydrogens is 332 g/mol. The number of guanidine groups is 1. The Hall–Kier alpha value is -2.44. The molecule has 1 fully saturated rings. The molecule has 1 amide bonds. The first-order valence-corrected chi connectivity index (χ1v) is 8.99. The molecule has 0 radical (unpaired) electrons. The van der Waals surface area contributed by atoms with Crippen LogP contribution in [-0.4, -0.2) is 57.7 Å². The van der Waals surface area contributed by atoms with Gasteiger partial charge in [0.05, 0.1) is 27.3 Å². The molecule has 0 spiro atoms. The number of amides is 1. The van der Waals surface area contributed by atoms with Gasteiger partial charge in [0.15, 0.2) is 5.96 Å². The maximum absolute atomic E-state index is 11.9. The normalized spacial score (nSPS) is 14.8. The molecule has 0 aliphatic heterocycles. The van der Waals surface area contributed by atoms with Crippen molar-refractivity contribution in [3.05, 3.63) is 23.8 Å². The summed E-state index contributed by atoms with van der Waals surface area (Å²) in [6.45, 7) is 0.663. The summed E-state index contributed by atoms with van der Waals surface area (Å²) >= 11 is 0. The second-order valence-corrected chi connectivity index (χ2v) is 6.61. The van der Waals surface area contributed by atoms with Gasteiger partial charge in [0.2, 0.25) is 5.91 Å². The quantitative estimate of drug-likeness (QED) is 0.571. The van der Waals surface area contributed by atoms with E-state index in [4.69, 9.17) is 9.47 Å². The lowest BCUT2D eigenvalue weighted by Crippen LogP contribution is -2.46. The highest BCUT2D eigenvalue weighted by molar-refractivity contribution is 5.86. The van der Waals surface area contributed by atoms with Gasteiger partial charge >= 0.3 is 0 Å². The molecule has 0 aromatic heterocycles. The minimum atomic E-state index is 0.00736. The Bertz CT molecular complexity index is 625. The molecule has 1 aromatic rings. The standard InChI is InChI=1S/C19H30N4O3/c1-23(2)18(24)13-21-19(22-15-7-5-6-8-15)20-12-14-9-10-16(25-3)11-17(14)26-4/h9-11,15H,5-8,12-13H2,1-4H3,(H2,20,21,22). The predicted molar refractivity (Wildman–Crippen MR) is 103 cm³/mol. The molecule has 26 heavy (non-hydrogen) atoms. The molecule has 7 nitrogen and oxygen atoms in total. The lowest BCUT2D eigenvalue weighted by Gasteiger charge is -2.18. The summed E-state index contributed by atoms with van der Waals surface area (Å²) in [6, 6.07) is 6.09. The van der Waals surface area contributed by atoms with Crippen LogP contribution in [0.25, 0.3) is 0 Å². The number of aliphatic imine (C=N–C) groups is 1. The van der Waals surface area contributed by atoms with Gasteiger partial charge in [-0.15, -0.1) is 0 Å². The van der Waals surface area contributed by atoms with E-state index in [0.29, 0.717) is 18.5 Å². The monoisotopic (exact) mass is 362 g/mol. The highest BCUT2D eigenvalue weighted by Gasteiger charge is 2.17. The number of hydrogen-bond acceptors (Lipinski definition) is 4. The van der Waals surface area contributed by atoms with Crippen LogP contribution in [0.15, 0.2) is 23.2 Å². The molecule has 2 N–H and O–H groups in total. The first kappa shape index (κ1) is 19.9. The van der Waals surface area contributed by atoms with Crippen LogP contribution >= 0.6 is 0 Å². The van der Waals surface area contributed by atoms with E-state index < -0.39 is 0 Å². The van der Waals surface area contributed by atoms with Crippen LogP contribution in [0.4, 0.5) is 0 Å². The lowest BCUT2D eigenvalue weighted by atomic mass is 10.2. The van der Waals surface area contributed by atoms with Gasteiger partial charge in [-0.25, -0.2) is 4.99 Å². The van der Waals surface area contributed by atoms with Crippen LogP contribution < -0.4 is 20.1 Å². The number of nitrogens with one attached hydrogen (secondary N) is 2. The molecule has 1 aliphatic carbocycles. The Morgan fingerprint density at radius 2 is 1.96 bits per heavy atom. The molecule has 0 atom stereocenters. The van der Waals surface area contributed by atoms with Gasteiger partial charge in [0.1, 0.15) is 11.5 Å². The van der Waals surface area contributed by atoms with Gasteiger partial charge in [-0.2, -0.15) is 0 Å². The second kappa shape index (κ2) is 9.89. The third kappa shape index (κ3) is 5.82. The number of hydrogen-bond donors (Lipinski definition) is 2. The SMILES string of the molecule is COc1ccc(CN=C(NCC(=O)N(C)C)NC2CCCC2)c(OC)c1. The maximum Gasteiger partial charge on any atom is 0.241 e. The smallest absolute Gasteiger partial charge is 0.241 e. The average Bonchev–Trinajstić information content (AvgIpc) is 3.16. The van der Waals surface area contributed by atoms with Crippen molar-refractivity contribution in [3.8, 4) is 11.5 Å². The van der Waals surface area contributed by atoms with Crippen LogP contribution in [0.3, 0.4) is 0 Å². The van der Waals surface area contributed by atoms with E-state index in [0.717, 1.165) is 29.9 Å². The van der Waals surface area contributed by atoms with Crippen molar-refractivity contribution in [1.29, 1.82) is 0 Å². The van der Waals surface area contributed by atoms with Gasteiger partial charge in [0, 0.05) is 31.8 Å². The minimum Gasteiger partial charge on any atom is -0.497 e. The highest BCUT2D eigenvalue weighted by atomic mass is 16.5. The van der Waals surface area contributed by atoms with Crippen molar-refractivity contribution < 1.29 is 14.3 Å². The van der Waals surface area contributed by atoms with E-state index in [1.807, 2.05) is 18.2 Å². The largest absolute Gasteiger partial charge is 0.497 e. The molecule has 1 aromatic carbocycles. The number of likely N-dealkylation sites (N-methyl/N-ethyl adjacent to an activating group) is 1. The van der Waals surface area contributed by atoms with Crippen LogP contribution in [0, 0.1) is 0 Å². The number of rotatable bonds is 7. The van der Waals surface area contributed by atoms with Crippen molar-refractivity contribution in [1.82, 2.24) is 15.5 Å². The van der Waals surface area contributed by atoms with Crippen molar-refractivity contribution in [2.75, 3.05) is 34.9 Å². The fourth-order valence-corrected chi connectivity index (χ4v) is 2.88. The van der Waals surface area contributed by atoms with Gasteiger partial charge in [-0.3, -0.25) is 4.79 Å². The minimum absolute atomic E-state index is 0.00736. The number of carbonyl (C=O) groups is 1. The van der Waals surface area contributed by atoms with Crippen molar-refractivity contribution in [3.63, 3.8) is 0 Å². The van der Waals surface area contributed by atoms with Crippen molar-refractivity contribution >= 4 is 11.9 Å². The summed E-state index contributed by atoms with van der Waals surface area (Å²) in [6.07, 6.45) is 4.73. The van der Waals surface area contributed by atoms with Crippen LogP contribution in [0.5, 0.6) is 11.5 Å². The van der Waals surface area contributed by atoms with E-state index in [1.165, 1.54) is 12.8 Å². The zero-order valence-electron chi connectivity index (χ0n) is 16.2.